The summed E-state index contributed by atoms with van der Waals surface area (Å²) >= 11 is 0. The van der Waals surface area contributed by atoms with E-state index in [1.807, 2.05) is 6.92 Å². The number of aromatic hydroxyl groups is 2. The second kappa shape index (κ2) is 7.14. The Morgan fingerprint density at radius 2 is 1.76 bits per heavy atom. The molecule has 0 bridgehead atoms. The van der Waals surface area contributed by atoms with Gasteiger partial charge in [0.05, 0.1) is 5.56 Å². The molecule has 0 aliphatic rings. The van der Waals surface area contributed by atoms with E-state index < -0.39 is 0 Å². The molecule has 0 aliphatic carbocycles. The van der Waals surface area contributed by atoms with E-state index >= 15 is 0 Å². The summed E-state index contributed by atoms with van der Waals surface area (Å²) in [4.78, 5) is 0. The van der Waals surface area contributed by atoms with Gasteiger partial charge in [-0.15, -0.1) is 0 Å². The van der Waals surface area contributed by atoms with Crippen LogP contribution in [0, 0.1) is 0 Å². The summed E-state index contributed by atoms with van der Waals surface area (Å²) in [6.07, 6.45) is 2.76. The molecule has 4 N–H and O–H groups in total. The van der Waals surface area contributed by atoms with E-state index in [4.69, 9.17) is 5.11 Å². The highest BCUT2D eigenvalue weighted by molar-refractivity contribution is 5.44. The monoisotopic (exact) mass is 239 g/mol. The number of phenols is 2. The van der Waals surface area contributed by atoms with Gasteiger partial charge in [0.1, 0.15) is 11.5 Å². The van der Waals surface area contributed by atoms with Gasteiger partial charge in [-0.05, 0) is 44.9 Å². The fourth-order valence-electron chi connectivity index (χ4n) is 1.82. The summed E-state index contributed by atoms with van der Waals surface area (Å²) < 4.78 is 0. The Morgan fingerprint density at radius 1 is 1.12 bits per heavy atom. The van der Waals surface area contributed by atoms with Crippen LogP contribution >= 0.6 is 0 Å². The average Bonchev–Trinajstić information content (AvgIpc) is 2.28. The van der Waals surface area contributed by atoms with Crippen molar-refractivity contribution in [3.05, 3.63) is 23.8 Å². The zero-order chi connectivity index (χ0) is 12.7. The van der Waals surface area contributed by atoms with Gasteiger partial charge in [0.25, 0.3) is 0 Å². The van der Waals surface area contributed by atoms with Gasteiger partial charge >= 0.3 is 0 Å². The molecular weight excluding hydrogens is 218 g/mol. The minimum absolute atomic E-state index is 0.0923. The van der Waals surface area contributed by atoms with E-state index in [1.54, 1.807) is 18.2 Å². The molecule has 4 nitrogen and oxygen atoms in total. The van der Waals surface area contributed by atoms with E-state index in [0.29, 0.717) is 5.56 Å². The maximum Gasteiger partial charge on any atom is 0.124 e. The molecule has 1 atom stereocenters. The molecule has 0 amide bonds. The van der Waals surface area contributed by atoms with Crippen LogP contribution in [0.2, 0.25) is 0 Å². The van der Waals surface area contributed by atoms with E-state index in [9.17, 15) is 10.2 Å². The van der Waals surface area contributed by atoms with Crippen molar-refractivity contribution in [2.75, 3.05) is 13.2 Å². The van der Waals surface area contributed by atoms with Crippen molar-refractivity contribution in [3.63, 3.8) is 0 Å². The quantitative estimate of drug-likeness (QED) is 0.548. The zero-order valence-electron chi connectivity index (χ0n) is 10.2. The Kier molecular flexibility index (Phi) is 5.80. The highest BCUT2D eigenvalue weighted by Gasteiger charge is 2.13. The third kappa shape index (κ3) is 4.24. The first-order valence-electron chi connectivity index (χ1n) is 6.02. The second-order valence-electron chi connectivity index (χ2n) is 4.17. The molecule has 0 saturated heterocycles. The van der Waals surface area contributed by atoms with E-state index in [1.165, 1.54) is 0 Å². The minimum Gasteiger partial charge on any atom is -0.507 e. The largest absolute Gasteiger partial charge is 0.507 e. The Balaban J connectivity index is 2.44. The fraction of sp³-hybridized carbons (Fsp3) is 0.538. The predicted molar refractivity (Wildman–Crippen MR) is 67.1 cm³/mol. The van der Waals surface area contributed by atoms with Gasteiger partial charge in [-0.25, -0.2) is 0 Å². The minimum atomic E-state index is -0.0923. The van der Waals surface area contributed by atoms with E-state index in [0.717, 1.165) is 25.8 Å². The van der Waals surface area contributed by atoms with Gasteiger partial charge in [0.15, 0.2) is 0 Å². The maximum absolute atomic E-state index is 9.67. The first-order chi connectivity index (χ1) is 8.16. The highest BCUT2D eigenvalue weighted by atomic mass is 16.3. The normalized spacial score (nSPS) is 12.6. The Bertz CT molecular complexity index is 321. The average molecular weight is 239 g/mol. The number of rotatable bonds is 7. The van der Waals surface area contributed by atoms with Gasteiger partial charge in [0.2, 0.25) is 0 Å². The smallest absolute Gasteiger partial charge is 0.124 e. The molecule has 1 unspecified atom stereocenters. The van der Waals surface area contributed by atoms with Crippen LogP contribution in [0.1, 0.15) is 37.8 Å². The van der Waals surface area contributed by atoms with Crippen LogP contribution in [0.25, 0.3) is 0 Å². The van der Waals surface area contributed by atoms with Crippen LogP contribution in [0.5, 0.6) is 11.5 Å². The summed E-state index contributed by atoms with van der Waals surface area (Å²) in [6, 6.07) is 4.66. The Labute approximate surface area is 102 Å². The number of hydrogen-bond donors (Lipinski definition) is 4. The molecule has 0 aliphatic heterocycles. The zero-order valence-corrected chi connectivity index (χ0v) is 10.2. The van der Waals surface area contributed by atoms with Crippen molar-refractivity contribution in [3.8, 4) is 11.5 Å². The highest BCUT2D eigenvalue weighted by Crippen LogP contribution is 2.31. The molecule has 17 heavy (non-hydrogen) atoms. The Hall–Kier alpha value is -1.26. The van der Waals surface area contributed by atoms with Crippen LogP contribution in [0.15, 0.2) is 18.2 Å². The number of phenolic OH excluding ortho intramolecular Hbond substituents is 2. The van der Waals surface area contributed by atoms with E-state index in [2.05, 4.69) is 5.32 Å². The van der Waals surface area contributed by atoms with Gasteiger partial charge in [-0.3, -0.25) is 0 Å². The SMILES string of the molecule is CC(NCCCCCO)c1c(O)cccc1O. The number of unbranched alkanes of at least 4 members (excludes halogenated alkanes) is 2. The number of hydrogen-bond acceptors (Lipinski definition) is 4. The molecule has 0 radical (unpaired) electrons. The second-order valence-corrected chi connectivity index (χ2v) is 4.17. The number of nitrogens with one attached hydrogen (secondary N) is 1. The van der Waals surface area contributed by atoms with Crippen molar-refractivity contribution in [1.82, 2.24) is 5.32 Å². The maximum atomic E-state index is 9.67. The third-order valence-electron chi connectivity index (χ3n) is 2.78. The summed E-state index contributed by atoms with van der Waals surface area (Å²) in [5, 5.41) is 31.2. The van der Waals surface area contributed by atoms with Crippen LogP contribution in [-0.4, -0.2) is 28.5 Å². The van der Waals surface area contributed by atoms with Crippen molar-refractivity contribution < 1.29 is 15.3 Å². The first kappa shape index (κ1) is 13.8. The van der Waals surface area contributed by atoms with Crippen molar-refractivity contribution in [1.29, 1.82) is 0 Å². The first-order valence-corrected chi connectivity index (χ1v) is 6.02. The molecule has 0 saturated carbocycles. The molecule has 0 heterocycles. The van der Waals surface area contributed by atoms with Crippen LogP contribution in [0.4, 0.5) is 0 Å². The lowest BCUT2D eigenvalue weighted by Gasteiger charge is -2.16. The topological polar surface area (TPSA) is 72.7 Å². The summed E-state index contributed by atoms with van der Waals surface area (Å²) in [5.41, 5.74) is 0.537. The van der Waals surface area contributed by atoms with Crippen LogP contribution in [-0.2, 0) is 0 Å². The fourth-order valence-corrected chi connectivity index (χ4v) is 1.82. The van der Waals surface area contributed by atoms with Gasteiger partial charge in [-0.1, -0.05) is 6.07 Å². The molecule has 0 spiro atoms. The summed E-state index contributed by atoms with van der Waals surface area (Å²) in [7, 11) is 0. The lowest BCUT2D eigenvalue weighted by molar-refractivity contribution is 0.282. The third-order valence-corrected chi connectivity index (χ3v) is 2.78. The number of aliphatic hydroxyl groups is 1. The number of benzene rings is 1. The van der Waals surface area contributed by atoms with Crippen molar-refractivity contribution in [2.24, 2.45) is 0 Å². The summed E-state index contributed by atoms with van der Waals surface area (Å²) in [5.74, 6) is 0.223. The van der Waals surface area contributed by atoms with Gasteiger partial charge < -0.3 is 20.6 Å². The van der Waals surface area contributed by atoms with Crippen molar-refractivity contribution in [2.45, 2.75) is 32.2 Å². The predicted octanol–water partition coefficient (Wildman–Crippen LogP) is 1.91. The molecule has 1 aromatic carbocycles. The molecule has 1 rings (SSSR count). The van der Waals surface area contributed by atoms with Crippen LogP contribution < -0.4 is 5.32 Å². The number of aliphatic hydroxyl groups excluding tert-OH is 1. The van der Waals surface area contributed by atoms with Crippen LogP contribution in [0.3, 0.4) is 0 Å². The lowest BCUT2D eigenvalue weighted by Crippen LogP contribution is -2.20. The standard InChI is InChI=1S/C13H21NO3/c1-10(14-8-3-2-4-9-15)13-11(16)6-5-7-12(13)17/h5-7,10,14-17H,2-4,8-9H2,1H3. The molecule has 0 fully saturated rings. The molecule has 1 aromatic rings. The van der Waals surface area contributed by atoms with Gasteiger partial charge in [0, 0.05) is 12.6 Å². The molecule has 0 aromatic heterocycles. The molecular formula is C13H21NO3. The molecule has 96 valence electrons. The summed E-state index contributed by atoms with van der Waals surface area (Å²) in [6.45, 7) is 2.94. The molecule has 4 heteroatoms. The lowest BCUT2D eigenvalue weighted by atomic mass is 10.1. The van der Waals surface area contributed by atoms with Crippen molar-refractivity contribution >= 4 is 0 Å². The van der Waals surface area contributed by atoms with Gasteiger partial charge in [-0.2, -0.15) is 0 Å². The van der Waals surface area contributed by atoms with E-state index in [-0.39, 0.29) is 24.1 Å². The Morgan fingerprint density at radius 3 is 2.35 bits per heavy atom.